The average molecular weight is 905 g/mol. The molecule has 0 saturated carbocycles. The van der Waals surface area contributed by atoms with E-state index in [4.69, 9.17) is 0 Å². The first-order chi connectivity index (χ1) is 33.9. The normalized spacial score (nSPS) is 13.3. The first kappa shape index (κ1) is 40.2. The van der Waals surface area contributed by atoms with Crippen LogP contribution >= 0.6 is 11.8 Å². The largest absolute Gasteiger partial charge is 0.312 e. The fourth-order valence-electron chi connectivity index (χ4n) is 11.8. The molecule has 0 N–H and O–H groups in total. The molecular weight excluding hydrogens is 864 g/mol. The van der Waals surface area contributed by atoms with Gasteiger partial charge in [0.05, 0.1) is 16.9 Å². The van der Waals surface area contributed by atoms with Crippen LogP contribution in [0.15, 0.2) is 216 Å². The number of nitrogens with zero attached hydrogens (tertiary/aromatic N) is 2. The molecule has 10 aromatic carbocycles. The molecule has 0 fully saturated rings. The maximum Gasteiger partial charge on any atom is 0.252 e. The van der Waals surface area contributed by atoms with E-state index >= 15 is 8.78 Å². The van der Waals surface area contributed by atoms with Gasteiger partial charge in [0.25, 0.3) is 6.71 Å². The quantitative estimate of drug-likeness (QED) is 0.159. The Hall–Kier alpha value is -7.86. The average Bonchev–Trinajstić information content (AvgIpc) is 3.39. The van der Waals surface area contributed by atoms with Crippen molar-refractivity contribution >= 4 is 92.1 Å². The number of rotatable bonds is 5. The fourth-order valence-corrected chi connectivity index (χ4v) is 13.1. The molecule has 324 valence electrons. The number of anilines is 6. The molecule has 0 spiro atoms. The number of aryl methyl sites for hydroxylation is 2. The number of fused-ring (bicyclic) bond motifs is 10. The van der Waals surface area contributed by atoms with Gasteiger partial charge in [-0.1, -0.05) is 198 Å². The third-order valence-electron chi connectivity index (χ3n) is 14.8. The Morgan fingerprint density at radius 3 is 1.36 bits per heavy atom. The van der Waals surface area contributed by atoms with Crippen LogP contribution in [-0.2, 0) is 0 Å². The van der Waals surface area contributed by atoms with Gasteiger partial charge in [-0.15, -0.1) is 0 Å². The molecule has 0 amide bonds. The van der Waals surface area contributed by atoms with Crippen molar-refractivity contribution in [2.75, 3.05) is 9.80 Å². The monoisotopic (exact) mass is 904 g/mol. The van der Waals surface area contributed by atoms with Crippen LogP contribution in [0.3, 0.4) is 0 Å². The SMILES string of the molecule is Cc1ccc(-c2ccc(-c3cccc(-c4ccc(C)cc4)c3N3c4ccccc4B4c5ccccc5N5c6ccccc6B6c7ccccc7Sc7c6c5c4c3c7-c3c(F)cccc3F)cc2)cc1. The highest BCUT2D eigenvalue weighted by atomic mass is 32.2. The molecule has 0 unspecified atom stereocenters. The molecule has 0 radical (unpaired) electrons. The summed E-state index contributed by atoms with van der Waals surface area (Å²) in [6, 6.07) is 71.9. The van der Waals surface area contributed by atoms with Crippen molar-refractivity contribution in [2.24, 2.45) is 0 Å². The Balaban J connectivity index is 1.17. The van der Waals surface area contributed by atoms with Crippen LogP contribution in [0.5, 0.6) is 0 Å². The van der Waals surface area contributed by atoms with Crippen LogP contribution < -0.4 is 42.6 Å². The van der Waals surface area contributed by atoms with Crippen molar-refractivity contribution in [2.45, 2.75) is 23.6 Å². The van der Waals surface area contributed by atoms with Gasteiger partial charge in [-0.2, -0.15) is 0 Å². The molecule has 7 heteroatoms. The molecule has 0 saturated heterocycles. The number of hydrogen-bond donors (Lipinski definition) is 0. The van der Waals surface area contributed by atoms with Crippen molar-refractivity contribution in [1.82, 2.24) is 0 Å². The molecule has 4 heterocycles. The highest BCUT2D eigenvalue weighted by Crippen LogP contribution is 2.56. The Bertz CT molecular complexity index is 3750. The minimum absolute atomic E-state index is 0.0172. The van der Waals surface area contributed by atoms with Crippen molar-refractivity contribution in [3.63, 3.8) is 0 Å². The third-order valence-corrected chi connectivity index (χ3v) is 16.0. The summed E-state index contributed by atoms with van der Waals surface area (Å²) in [6.07, 6.45) is 0. The predicted octanol–water partition coefficient (Wildman–Crippen LogP) is 12.6. The van der Waals surface area contributed by atoms with Crippen molar-refractivity contribution in [1.29, 1.82) is 0 Å². The molecule has 4 aliphatic rings. The molecule has 14 rings (SSSR count). The molecule has 4 aliphatic heterocycles. The van der Waals surface area contributed by atoms with E-state index in [9.17, 15) is 0 Å². The second-order valence-corrected chi connectivity index (χ2v) is 19.7. The summed E-state index contributed by atoms with van der Waals surface area (Å²) < 4.78 is 34.8. The molecule has 10 aromatic rings. The van der Waals surface area contributed by atoms with Gasteiger partial charge in [-0.25, -0.2) is 8.78 Å². The number of para-hydroxylation sites is 4. The Morgan fingerprint density at radius 1 is 0.362 bits per heavy atom. The van der Waals surface area contributed by atoms with Crippen LogP contribution in [0.1, 0.15) is 11.1 Å². The summed E-state index contributed by atoms with van der Waals surface area (Å²) in [5.41, 5.74) is 22.1. The number of halogens is 2. The summed E-state index contributed by atoms with van der Waals surface area (Å²) in [4.78, 5) is 6.80. The molecule has 0 aliphatic carbocycles. The molecule has 0 atom stereocenters. The highest BCUT2D eigenvalue weighted by molar-refractivity contribution is 8.00. The molecule has 69 heavy (non-hydrogen) atoms. The van der Waals surface area contributed by atoms with Crippen LogP contribution in [0.2, 0.25) is 0 Å². The van der Waals surface area contributed by atoms with Crippen molar-refractivity contribution < 1.29 is 8.78 Å². The van der Waals surface area contributed by atoms with Gasteiger partial charge >= 0.3 is 0 Å². The lowest BCUT2D eigenvalue weighted by atomic mass is 9.29. The summed E-state index contributed by atoms with van der Waals surface area (Å²) in [6.45, 7) is 3.78. The summed E-state index contributed by atoms with van der Waals surface area (Å²) in [5.74, 6) is -1.19. The Morgan fingerprint density at radius 2 is 0.797 bits per heavy atom. The second-order valence-electron chi connectivity index (χ2n) is 18.7. The molecule has 2 nitrogen and oxygen atoms in total. The van der Waals surface area contributed by atoms with Gasteiger partial charge in [-0.05, 0) is 99.8 Å². The van der Waals surface area contributed by atoms with Crippen LogP contribution in [0.25, 0.3) is 44.5 Å². The van der Waals surface area contributed by atoms with Gasteiger partial charge < -0.3 is 9.80 Å². The van der Waals surface area contributed by atoms with E-state index in [0.29, 0.717) is 5.56 Å². The maximum absolute atomic E-state index is 17.4. The van der Waals surface area contributed by atoms with E-state index in [1.807, 2.05) is 0 Å². The first-order valence-corrected chi connectivity index (χ1v) is 24.4. The van der Waals surface area contributed by atoms with E-state index in [1.165, 1.54) is 34.7 Å². The van der Waals surface area contributed by atoms with Crippen LogP contribution in [-0.4, -0.2) is 13.4 Å². The van der Waals surface area contributed by atoms with E-state index in [2.05, 4.69) is 212 Å². The van der Waals surface area contributed by atoms with Gasteiger partial charge in [-0.3, -0.25) is 0 Å². The lowest BCUT2D eigenvalue weighted by Crippen LogP contribution is -2.68. The van der Waals surface area contributed by atoms with Gasteiger partial charge in [0.2, 0.25) is 6.71 Å². The Labute approximate surface area is 405 Å². The zero-order chi connectivity index (χ0) is 46.1. The lowest BCUT2D eigenvalue weighted by molar-refractivity contribution is 0.589. The smallest absolute Gasteiger partial charge is 0.252 e. The van der Waals surface area contributed by atoms with E-state index in [0.717, 1.165) is 105 Å². The summed E-state index contributed by atoms with van der Waals surface area (Å²) in [5, 5.41) is 0. The molecule has 0 bridgehead atoms. The van der Waals surface area contributed by atoms with Crippen molar-refractivity contribution in [3.8, 4) is 44.5 Å². The summed E-state index contributed by atoms with van der Waals surface area (Å²) in [7, 11) is 0. The van der Waals surface area contributed by atoms with Crippen LogP contribution in [0, 0.1) is 25.5 Å². The predicted molar refractivity (Wildman–Crippen MR) is 287 cm³/mol. The van der Waals surface area contributed by atoms with Crippen LogP contribution in [0.4, 0.5) is 42.9 Å². The van der Waals surface area contributed by atoms with Gasteiger partial charge in [0.15, 0.2) is 0 Å². The number of hydrogen-bond acceptors (Lipinski definition) is 3. The first-order valence-electron chi connectivity index (χ1n) is 23.6. The van der Waals surface area contributed by atoms with Gasteiger partial charge in [0.1, 0.15) is 11.6 Å². The standard InChI is InChI=1S/C62H40B2F2N2S/c1-37-25-29-39(30-26-37)40-33-35-42(36-34-40)44-14-11-13-43(41-31-27-38(2)28-32-41)59(44)68-53-23-9-5-17-47(53)63-45-15-3-7-21-51(45)67-52-22-8-4-16-46(52)64-48-18-6-10-24-54(48)69-62-56(55-49(65)19-12-20-50(55)66)60(68)57(63)61(67)58(62)64/h3-36H,1-2H3. The van der Waals surface area contributed by atoms with Gasteiger partial charge in [0, 0.05) is 49.2 Å². The Kier molecular flexibility index (Phi) is 8.94. The zero-order valence-electron chi connectivity index (χ0n) is 37.8. The molecular formula is C62H40B2F2N2S. The zero-order valence-corrected chi connectivity index (χ0v) is 38.7. The second kappa shape index (κ2) is 15.3. The minimum atomic E-state index is -0.593. The third kappa shape index (κ3) is 5.87. The highest BCUT2D eigenvalue weighted by Gasteiger charge is 2.52. The van der Waals surface area contributed by atoms with E-state index in [-0.39, 0.29) is 19.0 Å². The lowest BCUT2D eigenvalue weighted by Gasteiger charge is -2.50. The topological polar surface area (TPSA) is 6.48 Å². The molecule has 0 aromatic heterocycles. The van der Waals surface area contributed by atoms with E-state index in [1.54, 1.807) is 11.8 Å². The maximum atomic E-state index is 17.4. The summed E-state index contributed by atoms with van der Waals surface area (Å²) >= 11 is 1.64. The minimum Gasteiger partial charge on any atom is -0.312 e. The van der Waals surface area contributed by atoms with E-state index < -0.39 is 11.6 Å². The fraction of sp³-hybridized carbons (Fsp3) is 0.0323. The van der Waals surface area contributed by atoms with Crippen molar-refractivity contribution in [3.05, 3.63) is 229 Å². The number of benzene rings is 10.